The lowest BCUT2D eigenvalue weighted by molar-refractivity contribution is -0.125. The minimum atomic E-state index is -5.10. The maximum Gasteiger partial charge on any atom is 0.469 e. The van der Waals surface area contributed by atoms with E-state index in [0.29, 0.717) is 27.5 Å². The molecule has 10 nitrogen and oxygen atoms in total. The van der Waals surface area contributed by atoms with Crippen LogP contribution in [0.5, 0.6) is 5.75 Å². The number of aromatic nitrogens is 3. The molecule has 0 aliphatic carbocycles. The zero-order chi connectivity index (χ0) is 26.9. The molecule has 194 valence electrons. The number of ether oxygens (including phenoxy) is 1. The summed E-state index contributed by atoms with van der Waals surface area (Å²) in [5, 5.41) is 7.73. The van der Waals surface area contributed by atoms with Gasteiger partial charge in [0.1, 0.15) is 29.5 Å². The third-order valence-electron chi connectivity index (χ3n) is 5.48. The molecule has 0 saturated heterocycles. The number of ketones is 2. The minimum Gasteiger partial charge on any atom is -0.496 e. The van der Waals surface area contributed by atoms with Crippen molar-refractivity contribution in [2.45, 2.75) is 26.2 Å². The number of nitrogens with one attached hydrogen (secondary N) is 1. The largest absolute Gasteiger partial charge is 0.496 e. The van der Waals surface area contributed by atoms with Crippen molar-refractivity contribution in [1.82, 2.24) is 15.2 Å². The number of hydrogen-bond donors (Lipinski definition) is 3. The van der Waals surface area contributed by atoms with Crippen LogP contribution in [0.3, 0.4) is 0 Å². The standard InChI is InChI=1S/C22H23BrF2N3O7P/c1-21(2,10-23)17(29)8-14-15(34-3)6-5-13-18(14)27-28-19(13)20(30)12-4-7-16(26-9-12)22(24,25)11-35-36(31,32)33/h4-7,9H,8,10-11H2,1-3H3,(H,27,28)(H2,31,32,33). The Labute approximate surface area is 212 Å². The van der Waals surface area contributed by atoms with Gasteiger partial charge in [0.15, 0.2) is 0 Å². The van der Waals surface area contributed by atoms with Crippen molar-refractivity contribution in [1.29, 1.82) is 0 Å². The van der Waals surface area contributed by atoms with Crippen molar-refractivity contribution >= 4 is 46.2 Å². The highest BCUT2D eigenvalue weighted by atomic mass is 79.9. The number of Topliss-reactive ketones (excluding diaryl/α,β-unsaturated/α-hetero) is 1. The fourth-order valence-corrected chi connectivity index (χ4v) is 3.90. The second kappa shape index (κ2) is 10.4. The van der Waals surface area contributed by atoms with Gasteiger partial charge in [-0.3, -0.25) is 24.2 Å². The van der Waals surface area contributed by atoms with Gasteiger partial charge in [-0.15, -0.1) is 0 Å². The first kappa shape index (κ1) is 28.0. The Balaban J connectivity index is 1.92. The lowest BCUT2D eigenvalue weighted by Crippen LogP contribution is -2.27. The van der Waals surface area contributed by atoms with Crippen LogP contribution in [0.1, 0.15) is 41.2 Å². The van der Waals surface area contributed by atoms with E-state index >= 15 is 0 Å². The number of rotatable bonds is 11. The molecule has 3 N–H and O–H groups in total. The molecular weight excluding hydrogens is 567 g/mol. The lowest BCUT2D eigenvalue weighted by atomic mass is 9.86. The van der Waals surface area contributed by atoms with Crippen molar-refractivity contribution in [3.63, 3.8) is 0 Å². The van der Waals surface area contributed by atoms with Gasteiger partial charge in [-0.25, -0.2) is 4.57 Å². The summed E-state index contributed by atoms with van der Waals surface area (Å²) >= 11 is 3.34. The van der Waals surface area contributed by atoms with Crippen LogP contribution in [0.25, 0.3) is 10.9 Å². The Kier molecular flexibility index (Phi) is 8.11. The Bertz CT molecular complexity index is 1340. The second-order valence-electron chi connectivity index (χ2n) is 8.59. The highest BCUT2D eigenvalue weighted by Crippen LogP contribution is 2.40. The number of fused-ring (bicyclic) bond motifs is 1. The number of carbonyl (C=O) groups excluding carboxylic acids is 2. The summed E-state index contributed by atoms with van der Waals surface area (Å²) in [5.74, 6) is -4.04. The first-order valence-corrected chi connectivity index (χ1v) is 13.1. The predicted octanol–water partition coefficient (Wildman–Crippen LogP) is 3.93. The summed E-state index contributed by atoms with van der Waals surface area (Å²) in [5.41, 5.74) is -0.572. The normalized spacial score (nSPS) is 12.7. The average Bonchev–Trinajstić information content (AvgIpc) is 3.26. The number of aromatic amines is 1. The van der Waals surface area contributed by atoms with Gasteiger partial charge in [0.05, 0.1) is 12.6 Å². The molecule has 0 fully saturated rings. The minimum absolute atomic E-state index is 0.00718. The molecule has 0 bridgehead atoms. The number of hydrogen-bond acceptors (Lipinski definition) is 7. The number of pyridine rings is 1. The van der Waals surface area contributed by atoms with Crippen LogP contribution in [-0.2, 0) is 26.2 Å². The van der Waals surface area contributed by atoms with E-state index in [9.17, 15) is 22.9 Å². The van der Waals surface area contributed by atoms with Gasteiger partial charge in [0.25, 0.3) is 0 Å². The first-order valence-electron chi connectivity index (χ1n) is 10.4. The quantitative estimate of drug-likeness (QED) is 0.171. The van der Waals surface area contributed by atoms with Gasteiger partial charge in [0, 0.05) is 39.9 Å². The van der Waals surface area contributed by atoms with Crippen molar-refractivity contribution in [3.8, 4) is 5.75 Å². The number of halogens is 3. The van der Waals surface area contributed by atoms with Gasteiger partial charge in [-0.1, -0.05) is 29.8 Å². The van der Waals surface area contributed by atoms with Crippen LogP contribution < -0.4 is 4.74 Å². The van der Waals surface area contributed by atoms with Crippen LogP contribution >= 0.6 is 23.8 Å². The van der Waals surface area contributed by atoms with Crippen molar-refractivity contribution in [3.05, 3.63) is 53.0 Å². The summed E-state index contributed by atoms with van der Waals surface area (Å²) in [6, 6.07) is 5.18. The summed E-state index contributed by atoms with van der Waals surface area (Å²) in [4.78, 5) is 46.8. The Hall–Kier alpha value is -2.57. The predicted molar refractivity (Wildman–Crippen MR) is 128 cm³/mol. The van der Waals surface area contributed by atoms with E-state index in [1.165, 1.54) is 7.11 Å². The zero-order valence-corrected chi connectivity index (χ0v) is 21.9. The van der Waals surface area contributed by atoms with E-state index < -0.39 is 37.2 Å². The van der Waals surface area contributed by atoms with Crippen molar-refractivity contribution in [2.24, 2.45) is 5.41 Å². The number of H-pyrrole nitrogens is 1. The highest BCUT2D eigenvalue weighted by Gasteiger charge is 2.37. The molecule has 0 unspecified atom stereocenters. The molecular formula is C22H23BrF2N3O7P. The summed E-state index contributed by atoms with van der Waals surface area (Å²) in [7, 11) is -3.64. The molecule has 0 amide bonds. The fraction of sp³-hybridized carbons (Fsp3) is 0.364. The van der Waals surface area contributed by atoms with Crippen LogP contribution in [0.4, 0.5) is 8.78 Å². The van der Waals surface area contributed by atoms with E-state index in [-0.39, 0.29) is 23.5 Å². The highest BCUT2D eigenvalue weighted by molar-refractivity contribution is 9.09. The number of phosphoric acid groups is 1. The molecule has 2 aromatic heterocycles. The SMILES string of the molecule is COc1ccc2c(C(=O)c3ccc(C(F)(F)COP(=O)(O)O)nc3)n[nH]c2c1CC(=O)C(C)(C)CBr. The number of benzene rings is 1. The van der Waals surface area contributed by atoms with Crippen LogP contribution in [-0.4, -0.2) is 55.6 Å². The van der Waals surface area contributed by atoms with Crippen LogP contribution in [0.2, 0.25) is 0 Å². The van der Waals surface area contributed by atoms with Gasteiger partial charge < -0.3 is 14.5 Å². The Morgan fingerprint density at radius 3 is 2.44 bits per heavy atom. The maximum absolute atomic E-state index is 14.2. The van der Waals surface area contributed by atoms with E-state index in [0.717, 1.165) is 18.3 Å². The molecule has 1 aromatic carbocycles. The van der Waals surface area contributed by atoms with E-state index in [2.05, 4.69) is 35.6 Å². The maximum atomic E-state index is 14.2. The molecule has 0 atom stereocenters. The van der Waals surface area contributed by atoms with Gasteiger partial charge in [-0.05, 0) is 24.3 Å². The van der Waals surface area contributed by atoms with Gasteiger partial charge >= 0.3 is 13.7 Å². The number of nitrogens with zero attached hydrogens (tertiary/aromatic N) is 2. The summed E-state index contributed by atoms with van der Waals surface area (Å²) in [6.45, 7) is 2.02. The molecule has 14 heteroatoms. The van der Waals surface area contributed by atoms with Crippen molar-refractivity contribution < 1.29 is 42.0 Å². The molecule has 0 spiro atoms. The fourth-order valence-electron chi connectivity index (χ4n) is 3.26. The molecule has 36 heavy (non-hydrogen) atoms. The number of alkyl halides is 3. The monoisotopic (exact) mass is 589 g/mol. The molecule has 3 rings (SSSR count). The molecule has 2 heterocycles. The Morgan fingerprint density at radius 1 is 1.19 bits per heavy atom. The first-order chi connectivity index (χ1) is 16.7. The van der Waals surface area contributed by atoms with E-state index in [4.69, 9.17) is 14.5 Å². The Morgan fingerprint density at radius 2 is 1.89 bits per heavy atom. The number of phosphoric ester groups is 1. The van der Waals surface area contributed by atoms with Crippen LogP contribution in [0, 0.1) is 5.41 Å². The molecule has 0 aliphatic rings. The smallest absolute Gasteiger partial charge is 0.469 e. The molecule has 3 aromatic rings. The number of carbonyl (C=O) groups is 2. The number of methoxy groups -OCH3 is 1. The lowest BCUT2D eigenvalue weighted by Gasteiger charge is -2.20. The molecule has 0 aliphatic heterocycles. The van der Waals surface area contributed by atoms with Crippen molar-refractivity contribution in [2.75, 3.05) is 19.0 Å². The molecule has 0 radical (unpaired) electrons. The molecule has 0 saturated carbocycles. The van der Waals surface area contributed by atoms with Gasteiger partial charge in [-0.2, -0.15) is 13.9 Å². The summed E-state index contributed by atoms with van der Waals surface area (Å²) in [6.07, 6.45) is 0.938. The third kappa shape index (κ3) is 6.04. The van der Waals surface area contributed by atoms with Crippen LogP contribution in [0.15, 0.2) is 30.5 Å². The topological polar surface area (TPSA) is 152 Å². The zero-order valence-electron chi connectivity index (χ0n) is 19.4. The average molecular weight is 590 g/mol. The van der Waals surface area contributed by atoms with Gasteiger partial charge in [0.2, 0.25) is 5.78 Å². The second-order valence-corrected chi connectivity index (χ2v) is 10.4. The van der Waals surface area contributed by atoms with E-state index in [1.807, 2.05) is 0 Å². The van der Waals surface area contributed by atoms with E-state index in [1.54, 1.807) is 26.0 Å². The third-order valence-corrected chi connectivity index (χ3v) is 7.35. The summed E-state index contributed by atoms with van der Waals surface area (Å²) < 4.78 is 48.3.